The maximum atomic E-state index is 13.2. The predicted molar refractivity (Wildman–Crippen MR) is 118 cm³/mol. The van der Waals surface area contributed by atoms with E-state index in [1.807, 2.05) is 42.3 Å². The number of nitrogen functional groups attached to an aromatic ring is 1. The van der Waals surface area contributed by atoms with Crippen LogP contribution in [0.2, 0.25) is 0 Å². The maximum Gasteiger partial charge on any atom is 0.258 e. The molecule has 2 aliphatic heterocycles. The van der Waals surface area contributed by atoms with Crippen molar-refractivity contribution in [1.29, 1.82) is 0 Å². The van der Waals surface area contributed by atoms with Crippen LogP contribution in [0.25, 0.3) is 0 Å². The van der Waals surface area contributed by atoms with Crippen molar-refractivity contribution in [3.63, 3.8) is 0 Å². The van der Waals surface area contributed by atoms with Crippen LogP contribution < -0.4 is 20.9 Å². The van der Waals surface area contributed by atoms with E-state index in [1.165, 1.54) is 0 Å². The van der Waals surface area contributed by atoms with Crippen molar-refractivity contribution in [2.45, 2.75) is 19.3 Å². The summed E-state index contributed by atoms with van der Waals surface area (Å²) in [5, 5.41) is 2.91. The smallest absolute Gasteiger partial charge is 0.258 e. The van der Waals surface area contributed by atoms with Crippen LogP contribution in [0.15, 0.2) is 36.4 Å². The molecule has 0 bridgehead atoms. The minimum Gasteiger partial charge on any atom is -0.398 e. The third-order valence-electron chi connectivity index (χ3n) is 5.14. The van der Waals surface area contributed by atoms with E-state index in [-0.39, 0.29) is 36.6 Å². The number of carbonyl (C=O) groups is 2. The Morgan fingerprint density at radius 2 is 1.86 bits per heavy atom. The van der Waals surface area contributed by atoms with Crippen molar-refractivity contribution in [1.82, 2.24) is 0 Å². The summed E-state index contributed by atoms with van der Waals surface area (Å²) in [6.07, 6.45) is 2.21. The highest BCUT2D eigenvalue weighted by Gasteiger charge is 2.26. The van der Waals surface area contributed by atoms with E-state index in [0.29, 0.717) is 30.8 Å². The van der Waals surface area contributed by atoms with Gasteiger partial charge in [-0.2, -0.15) is 0 Å². The number of anilines is 4. The molecule has 0 radical (unpaired) electrons. The molecular formula is C20H24Cl2N4O2. The zero-order valence-electron chi connectivity index (χ0n) is 15.6. The Morgan fingerprint density at radius 1 is 1.07 bits per heavy atom. The molecule has 2 aromatic carbocycles. The monoisotopic (exact) mass is 422 g/mol. The Morgan fingerprint density at radius 3 is 2.64 bits per heavy atom. The molecule has 0 saturated carbocycles. The molecule has 2 aromatic rings. The first kappa shape index (κ1) is 21.9. The van der Waals surface area contributed by atoms with Gasteiger partial charge < -0.3 is 20.9 Å². The zero-order chi connectivity index (χ0) is 18.3. The van der Waals surface area contributed by atoms with Gasteiger partial charge in [0.15, 0.2) is 0 Å². The van der Waals surface area contributed by atoms with E-state index in [2.05, 4.69) is 5.32 Å². The second-order valence-electron chi connectivity index (χ2n) is 6.86. The maximum absolute atomic E-state index is 13.2. The van der Waals surface area contributed by atoms with Gasteiger partial charge >= 0.3 is 0 Å². The van der Waals surface area contributed by atoms with Crippen LogP contribution >= 0.6 is 24.8 Å². The third-order valence-corrected chi connectivity index (χ3v) is 5.14. The van der Waals surface area contributed by atoms with Gasteiger partial charge in [-0.05, 0) is 48.7 Å². The summed E-state index contributed by atoms with van der Waals surface area (Å²) in [7, 11) is 1.95. The summed E-state index contributed by atoms with van der Waals surface area (Å²) in [6, 6.07) is 11.2. The van der Waals surface area contributed by atoms with E-state index in [1.54, 1.807) is 11.0 Å². The number of nitrogens with two attached hydrogens (primary N) is 1. The Kier molecular flexibility index (Phi) is 6.80. The Bertz CT molecular complexity index is 904. The molecule has 2 aliphatic rings. The SMILES string of the molecule is CN1CCC(=O)Nc2cc(C(=O)N3CCCc4c(N)cccc43)ccc21.Cl.Cl. The summed E-state index contributed by atoms with van der Waals surface area (Å²) >= 11 is 0. The second kappa shape index (κ2) is 8.71. The van der Waals surface area contributed by atoms with Crippen molar-refractivity contribution < 1.29 is 9.59 Å². The molecule has 2 heterocycles. The van der Waals surface area contributed by atoms with Gasteiger partial charge in [0.05, 0.1) is 11.4 Å². The molecular weight excluding hydrogens is 399 g/mol. The van der Waals surface area contributed by atoms with Gasteiger partial charge in [0.1, 0.15) is 0 Å². The molecule has 2 amide bonds. The highest BCUT2D eigenvalue weighted by Crippen LogP contribution is 2.34. The average Bonchev–Trinajstić information content (AvgIpc) is 2.79. The fourth-order valence-electron chi connectivity index (χ4n) is 3.72. The molecule has 0 saturated heterocycles. The summed E-state index contributed by atoms with van der Waals surface area (Å²) < 4.78 is 0. The lowest BCUT2D eigenvalue weighted by Gasteiger charge is -2.30. The predicted octanol–water partition coefficient (Wildman–Crippen LogP) is 3.48. The minimum absolute atomic E-state index is 0. The largest absolute Gasteiger partial charge is 0.398 e. The normalized spacial score (nSPS) is 15.2. The van der Waals surface area contributed by atoms with Crippen LogP contribution in [0.1, 0.15) is 28.8 Å². The number of hydrogen-bond donors (Lipinski definition) is 2. The molecule has 4 rings (SSSR count). The van der Waals surface area contributed by atoms with Crippen LogP contribution in [-0.4, -0.2) is 32.0 Å². The molecule has 0 fully saturated rings. The zero-order valence-corrected chi connectivity index (χ0v) is 17.2. The van der Waals surface area contributed by atoms with Gasteiger partial charge in [-0.1, -0.05) is 6.07 Å². The van der Waals surface area contributed by atoms with Crippen LogP contribution in [-0.2, 0) is 11.2 Å². The van der Waals surface area contributed by atoms with E-state index in [4.69, 9.17) is 5.73 Å². The highest BCUT2D eigenvalue weighted by molar-refractivity contribution is 6.09. The van der Waals surface area contributed by atoms with Gasteiger partial charge in [0, 0.05) is 43.5 Å². The standard InChI is InChI=1S/C20H22N4O2.2ClH/c1-23-11-9-19(25)22-16-12-13(7-8-18(16)23)20(26)24-10-3-4-14-15(21)5-2-6-17(14)24;;/h2,5-8,12H,3-4,9-11,21H2,1H3,(H,22,25);2*1H. The number of carbonyl (C=O) groups excluding carboxylic acids is 2. The van der Waals surface area contributed by atoms with E-state index < -0.39 is 0 Å². The van der Waals surface area contributed by atoms with Gasteiger partial charge in [-0.3, -0.25) is 9.59 Å². The molecule has 3 N–H and O–H groups in total. The lowest BCUT2D eigenvalue weighted by molar-refractivity contribution is -0.115. The topological polar surface area (TPSA) is 78.7 Å². The molecule has 0 unspecified atom stereocenters. The molecule has 6 nitrogen and oxygen atoms in total. The number of halogens is 2. The lowest BCUT2D eigenvalue weighted by Crippen LogP contribution is -2.35. The van der Waals surface area contributed by atoms with E-state index in [0.717, 1.165) is 35.5 Å². The summed E-state index contributed by atoms with van der Waals surface area (Å²) in [4.78, 5) is 28.9. The van der Waals surface area contributed by atoms with E-state index in [9.17, 15) is 9.59 Å². The van der Waals surface area contributed by atoms with Crippen molar-refractivity contribution in [3.05, 3.63) is 47.5 Å². The van der Waals surface area contributed by atoms with Crippen LogP contribution in [0.3, 0.4) is 0 Å². The third kappa shape index (κ3) is 3.88. The number of fused-ring (bicyclic) bond motifs is 2. The first-order valence-corrected chi connectivity index (χ1v) is 8.89. The molecule has 0 spiro atoms. The van der Waals surface area contributed by atoms with Crippen LogP contribution in [0, 0.1) is 0 Å². The summed E-state index contributed by atoms with van der Waals surface area (Å²) in [5.41, 5.74) is 10.9. The van der Waals surface area contributed by atoms with Crippen molar-refractivity contribution in [3.8, 4) is 0 Å². The number of nitrogens with zero attached hydrogens (tertiary/aromatic N) is 2. The Labute approximate surface area is 176 Å². The fourth-order valence-corrected chi connectivity index (χ4v) is 3.72. The van der Waals surface area contributed by atoms with Gasteiger partial charge in [-0.15, -0.1) is 24.8 Å². The van der Waals surface area contributed by atoms with Gasteiger partial charge in [-0.25, -0.2) is 0 Å². The number of nitrogens with one attached hydrogen (secondary N) is 1. The van der Waals surface area contributed by atoms with Crippen molar-refractivity contribution in [2.24, 2.45) is 0 Å². The molecule has 8 heteroatoms. The first-order chi connectivity index (χ1) is 12.5. The summed E-state index contributed by atoms with van der Waals surface area (Å²) in [6.45, 7) is 1.32. The van der Waals surface area contributed by atoms with Gasteiger partial charge in [0.25, 0.3) is 5.91 Å². The number of benzene rings is 2. The fraction of sp³-hybridized carbons (Fsp3) is 0.300. The number of amides is 2. The molecule has 0 aliphatic carbocycles. The van der Waals surface area contributed by atoms with Gasteiger partial charge in [0.2, 0.25) is 5.91 Å². The molecule has 0 aromatic heterocycles. The van der Waals surface area contributed by atoms with Crippen LogP contribution in [0.4, 0.5) is 22.7 Å². The second-order valence-corrected chi connectivity index (χ2v) is 6.86. The molecule has 150 valence electrons. The molecule has 28 heavy (non-hydrogen) atoms. The molecule has 0 atom stereocenters. The van der Waals surface area contributed by atoms with E-state index >= 15 is 0 Å². The average molecular weight is 423 g/mol. The summed E-state index contributed by atoms with van der Waals surface area (Å²) in [5.74, 6) is -0.100. The van der Waals surface area contributed by atoms with Crippen molar-refractivity contribution in [2.75, 3.05) is 41.0 Å². The Hall–Kier alpha value is -2.44. The number of hydrogen-bond acceptors (Lipinski definition) is 4. The van der Waals surface area contributed by atoms with Crippen molar-refractivity contribution >= 4 is 59.4 Å². The highest BCUT2D eigenvalue weighted by atomic mass is 35.5. The van der Waals surface area contributed by atoms with Crippen LogP contribution in [0.5, 0.6) is 0 Å². The number of rotatable bonds is 1. The lowest BCUT2D eigenvalue weighted by atomic mass is 9.99. The minimum atomic E-state index is -0.0690. The first-order valence-electron chi connectivity index (χ1n) is 8.89. The quantitative estimate of drug-likeness (QED) is 0.689. The Balaban J connectivity index is 0.00000140.